The van der Waals surface area contributed by atoms with Crippen LogP contribution in [0.15, 0.2) is 168 Å². The Bertz CT molecular complexity index is 3400. The second kappa shape index (κ2) is 10.2. The second-order valence-electron chi connectivity index (χ2n) is 13.4. The molecule has 0 saturated heterocycles. The third-order valence-electron chi connectivity index (χ3n) is 10.7. The summed E-state index contributed by atoms with van der Waals surface area (Å²) in [6.45, 7) is 0. The average Bonchev–Trinajstić information content (AvgIpc) is 3.94. The Balaban J connectivity index is 1.28. The van der Waals surface area contributed by atoms with E-state index in [1.807, 2.05) is 30.6 Å². The van der Waals surface area contributed by atoms with E-state index >= 15 is 0 Å². The molecular formula is C46H27N5O. The van der Waals surface area contributed by atoms with Crippen molar-refractivity contribution < 1.29 is 4.42 Å². The molecule has 242 valence electrons. The molecule has 0 radical (unpaired) electrons. The maximum Gasteiger partial charge on any atom is 0.234 e. The van der Waals surface area contributed by atoms with Crippen molar-refractivity contribution in [3.05, 3.63) is 164 Å². The quantitative estimate of drug-likeness (QED) is 0.189. The highest BCUT2D eigenvalue weighted by Gasteiger charge is 2.25. The fourth-order valence-corrected chi connectivity index (χ4v) is 8.69. The van der Waals surface area contributed by atoms with Crippen LogP contribution in [0.4, 0.5) is 0 Å². The van der Waals surface area contributed by atoms with Gasteiger partial charge >= 0.3 is 0 Å². The van der Waals surface area contributed by atoms with Crippen molar-refractivity contribution in [3.63, 3.8) is 0 Å². The monoisotopic (exact) mass is 665 g/mol. The number of hydrogen-bond donors (Lipinski definition) is 0. The summed E-state index contributed by atoms with van der Waals surface area (Å²) in [5, 5.41) is 9.23. The van der Waals surface area contributed by atoms with Gasteiger partial charge in [0.25, 0.3) is 0 Å². The molecule has 12 rings (SSSR count). The Labute approximate surface area is 296 Å². The van der Waals surface area contributed by atoms with Gasteiger partial charge in [0.05, 0.1) is 33.1 Å². The molecule has 0 aliphatic heterocycles. The first-order valence-electron chi connectivity index (χ1n) is 17.5. The van der Waals surface area contributed by atoms with Gasteiger partial charge in [0.1, 0.15) is 11.2 Å². The van der Waals surface area contributed by atoms with Gasteiger partial charge in [-0.15, -0.1) is 0 Å². The van der Waals surface area contributed by atoms with Gasteiger partial charge in [0.15, 0.2) is 0 Å². The lowest BCUT2D eigenvalue weighted by Gasteiger charge is -2.09. The first-order chi connectivity index (χ1) is 25.8. The van der Waals surface area contributed by atoms with Crippen LogP contribution >= 0.6 is 0 Å². The number of rotatable bonds is 3. The van der Waals surface area contributed by atoms with E-state index in [-0.39, 0.29) is 0 Å². The molecule has 52 heavy (non-hydrogen) atoms. The Hall–Kier alpha value is -7.18. The van der Waals surface area contributed by atoms with Gasteiger partial charge < -0.3 is 13.6 Å². The molecule has 0 unspecified atom stereocenters. The molecule has 0 spiro atoms. The first kappa shape index (κ1) is 27.6. The normalized spacial score (nSPS) is 12.2. The molecule has 5 aromatic heterocycles. The number of fused-ring (bicyclic) bond motifs is 14. The van der Waals surface area contributed by atoms with Crippen molar-refractivity contribution >= 4 is 87.4 Å². The SMILES string of the molecule is c1ccc(-n2c3ccccc3c3c2ccc2c4ccc5c(c6ccccc6n5-c5ccc6oc7ccccc7c6c5)c4n(-c4ncccn4)c23)cc1. The van der Waals surface area contributed by atoms with E-state index < -0.39 is 0 Å². The molecule has 6 nitrogen and oxygen atoms in total. The van der Waals surface area contributed by atoms with E-state index in [2.05, 4.69) is 147 Å². The molecule has 0 saturated carbocycles. The topological polar surface area (TPSA) is 53.7 Å². The van der Waals surface area contributed by atoms with Crippen molar-refractivity contribution in [1.29, 1.82) is 0 Å². The number of para-hydroxylation sites is 4. The zero-order valence-corrected chi connectivity index (χ0v) is 27.7. The van der Waals surface area contributed by atoms with Gasteiger partial charge in [0.2, 0.25) is 5.95 Å². The molecule has 0 N–H and O–H groups in total. The number of aromatic nitrogens is 5. The third-order valence-corrected chi connectivity index (χ3v) is 10.7. The smallest absolute Gasteiger partial charge is 0.234 e. The molecule has 7 aromatic carbocycles. The molecule has 6 heteroatoms. The van der Waals surface area contributed by atoms with E-state index in [0.29, 0.717) is 5.95 Å². The van der Waals surface area contributed by atoms with Gasteiger partial charge in [-0.25, -0.2) is 9.97 Å². The zero-order valence-electron chi connectivity index (χ0n) is 27.7. The van der Waals surface area contributed by atoms with Gasteiger partial charge in [-0.2, -0.15) is 0 Å². The predicted octanol–water partition coefficient (Wildman–Crippen LogP) is 11.7. The summed E-state index contributed by atoms with van der Waals surface area (Å²) in [5.41, 5.74) is 10.7. The Morgan fingerprint density at radius 2 is 0.923 bits per heavy atom. The molecule has 0 aliphatic rings. The summed E-state index contributed by atoms with van der Waals surface area (Å²) in [5.74, 6) is 0.641. The third kappa shape index (κ3) is 3.57. The first-order valence-corrected chi connectivity index (χ1v) is 17.5. The van der Waals surface area contributed by atoms with Crippen LogP contribution in [-0.2, 0) is 0 Å². The fraction of sp³-hybridized carbons (Fsp3) is 0. The van der Waals surface area contributed by atoms with E-state index in [9.17, 15) is 0 Å². The van der Waals surface area contributed by atoms with Crippen molar-refractivity contribution in [2.45, 2.75) is 0 Å². The van der Waals surface area contributed by atoms with Crippen molar-refractivity contribution in [2.75, 3.05) is 0 Å². The van der Waals surface area contributed by atoms with Crippen LogP contribution in [0.2, 0.25) is 0 Å². The minimum absolute atomic E-state index is 0.641. The number of hydrogen-bond acceptors (Lipinski definition) is 3. The van der Waals surface area contributed by atoms with E-state index in [1.165, 1.54) is 16.2 Å². The molecule has 0 aliphatic carbocycles. The van der Waals surface area contributed by atoms with Gasteiger partial charge in [0, 0.05) is 66.9 Å². The lowest BCUT2D eigenvalue weighted by atomic mass is 10.1. The highest BCUT2D eigenvalue weighted by molar-refractivity contribution is 6.31. The average molecular weight is 666 g/mol. The van der Waals surface area contributed by atoms with Crippen LogP contribution in [0.3, 0.4) is 0 Å². The summed E-state index contributed by atoms with van der Waals surface area (Å²) in [7, 11) is 0. The second-order valence-corrected chi connectivity index (χ2v) is 13.4. The van der Waals surface area contributed by atoms with E-state index in [0.717, 1.165) is 82.6 Å². The molecule has 0 atom stereocenters. The predicted molar refractivity (Wildman–Crippen MR) is 212 cm³/mol. The zero-order chi connectivity index (χ0) is 33.9. The highest BCUT2D eigenvalue weighted by atomic mass is 16.3. The van der Waals surface area contributed by atoms with Gasteiger partial charge in [-0.1, -0.05) is 84.9 Å². The van der Waals surface area contributed by atoms with Crippen molar-refractivity contribution in [3.8, 4) is 17.3 Å². The van der Waals surface area contributed by atoms with Gasteiger partial charge in [-0.05, 0) is 66.7 Å². The molecule has 5 heterocycles. The summed E-state index contributed by atoms with van der Waals surface area (Å²) in [6.07, 6.45) is 3.67. The Morgan fingerprint density at radius 3 is 1.60 bits per heavy atom. The summed E-state index contributed by atoms with van der Waals surface area (Å²) in [6, 6.07) is 53.8. The highest BCUT2D eigenvalue weighted by Crippen LogP contribution is 2.46. The van der Waals surface area contributed by atoms with Crippen LogP contribution in [0, 0.1) is 0 Å². The van der Waals surface area contributed by atoms with Crippen LogP contribution in [0.25, 0.3) is 105 Å². The number of furan rings is 1. The van der Waals surface area contributed by atoms with Gasteiger partial charge in [-0.3, -0.25) is 4.57 Å². The largest absolute Gasteiger partial charge is 0.456 e. The van der Waals surface area contributed by atoms with Crippen LogP contribution < -0.4 is 0 Å². The lowest BCUT2D eigenvalue weighted by molar-refractivity contribution is 0.669. The molecule has 0 fully saturated rings. The summed E-state index contributed by atoms with van der Waals surface area (Å²) in [4.78, 5) is 9.82. The van der Waals surface area contributed by atoms with Crippen molar-refractivity contribution in [2.24, 2.45) is 0 Å². The number of benzene rings is 7. The van der Waals surface area contributed by atoms with Crippen LogP contribution in [0.1, 0.15) is 0 Å². The Kier molecular flexibility index (Phi) is 5.41. The standard InChI is InChI=1S/C46H27N5O/c1-2-11-28(12-3-1)49-36-16-7-4-14-33(36)42-38(49)22-20-31-32-21-23-39-43(45(32)51(44(31)42)46-47-25-10-26-48-46)34-15-5-8-17-37(34)50(39)29-19-24-41-35(27-29)30-13-6-9-18-40(30)52-41/h1-27H. The fourth-order valence-electron chi connectivity index (χ4n) is 8.69. The molecular weight excluding hydrogens is 639 g/mol. The Morgan fingerprint density at radius 1 is 0.365 bits per heavy atom. The molecule has 0 amide bonds. The maximum atomic E-state index is 6.22. The minimum atomic E-state index is 0.641. The van der Waals surface area contributed by atoms with Crippen LogP contribution in [0.5, 0.6) is 0 Å². The summed E-state index contributed by atoms with van der Waals surface area (Å²) >= 11 is 0. The number of nitrogens with zero attached hydrogens (tertiary/aromatic N) is 5. The maximum absolute atomic E-state index is 6.22. The van der Waals surface area contributed by atoms with E-state index in [4.69, 9.17) is 14.4 Å². The molecule has 12 aromatic rings. The van der Waals surface area contributed by atoms with E-state index in [1.54, 1.807) is 0 Å². The van der Waals surface area contributed by atoms with Crippen molar-refractivity contribution in [1.82, 2.24) is 23.7 Å². The van der Waals surface area contributed by atoms with Crippen LogP contribution in [-0.4, -0.2) is 23.7 Å². The minimum Gasteiger partial charge on any atom is -0.456 e. The molecule has 0 bridgehead atoms. The summed E-state index contributed by atoms with van der Waals surface area (Å²) < 4.78 is 13.3. The lowest BCUT2D eigenvalue weighted by Crippen LogP contribution is -2.00.